The summed E-state index contributed by atoms with van der Waals surface area (Å²) in [6, 6.07) is 6.43. The number of aliphatic hydroxyl groups is 1. The number of nitro groups is 1. The van der Waals surface area contributed by atoms with Gasteiger partial charge in [0.2, 0.25) is 0 Å². The first-order valence-corrected chi connectivity index (χ1v) is 6.92. The molecule has 7 nitrogen and oxygen atoms in total. The van der Waals surface area contributed by atoms with Crippen LogP contribution in [0.3, 0.4) is 0 Å². The summed E-state index contributed by atoms with van der Waals surface area (Å²) in [5.41, 5.74) is 1.10. The van der Waals surface area contributed by atoms with E-state index in [1.54, 1.807) is 0 Å². The van der Waals surface area contributed by atoms with Crippen molar-refractivity contribution in [3.05, 3.63) is 33.9 Å². The molecule has 0 unspecified atom stereocenters. The summed E-state index contributed by atoms with van der Waals surface area (Å²) < 4.78 is 0. The van der Waals surface area contributed by atoms with Crippen LogP contribution in [0.5, 0.6) is 0 Å². The predicted molar refractivity (Wildman–Crippen MR) is 78.2 cm³/mol. The van der Waals surface area contributed by atoms with Crippen LogP contribution in [0.2, 0.25) is 0 Å². The van der Waals surface area contributed by atoms with Crippen LogP contribution in [-0.2, 0) is 0 Å². The smallest absolute Gasteiger partial charge is 0.271 e. The minimum atomic E-state index is -0.442. The number of hydrogen-bond acceptors (Lipinski definition) is 6. The molecule has 0 bridgehead atoms. The second-order valence-corrected chi connectivity index (χ2v) is 4.98. The molecule has 0 saturated carbocycles. The van der Waals surface area contributed by atoms with Crippen molar-refractivity contribution < 1.29 is 10.0 Å². The zero-order valence-electron chi connectivity index (χ0n) is 11.7. The van der Waals surface area contributed by atoms with E-state index in [4.69, 9.17) is 10.4 Å². The highest BCUT2D eigenvalue weighted by Gasteiger charge is 2.21. The fourth-order valence-corrected chi connectivity index (χ4v) is 2.50. The Hall–Kier alpha value is -2.17. The van der Waals surface area contributed by atoms with Crippen LogP contribution in [0.4, 0.5) is 11.4 Å². The van der Waals surface area contributed by atoms with Crippen LogP contribution in [0.1, 0.15) is 12.0 Å². The predicted octanol–water partition coefficient (Wildman–Crippen LogP) is 0.971. The molecule has 1 saturated heterocycles. The van der Waals surface area contributed by atoms with E-state index in [0.29, 0.717) is 11.3 Å². The number of aliphatic hydroxyl groups excluding tert-OH is 1. The lowest BCUT2D eigenvalue weighted by Crippen LogP contribution is -2.47. The molecule has 0 amide bonds. The third-order valence-corrected chi connectivity index (χ3v) is 3.66. The average Bonchev–Trinajstić information content (AvgIpc) is 2.52. The standard InChI is InChI=1S/C14H18N4O3/c15-11-12-2-3-13(18(20)21)10-14(12)17-7-5-16(6-8-17)4-1-9-19/h2-3,10,19H,1,4-9H2. The molecule has 1 aliphatic heterocycles. The molecule has 0 spiro atoms. The molecule has 2 rings (SSSR count). The topological polar surface area (TPSA) is 93.6 Å². The van der Waals surface area contributed by atoms with Gasteiger partial charge in [-0.1, -0.05) is 0 Å². The Balaban J connectivity index is 2.10. The van der Waals surface area contributed by atoms with Gasteiger partial charge < -0.3 is 10.0 Å². The maximum absolute atomic E-state index is 10.9. The van der Waals surface area contributed by atoms with E-state index < -0.39 is 4.92 Å². The number of nitriles is 1. The van der Waals surface area contributed by atoms with E-state index in [1.165, 1.54) is 18.2 Å². The summed E-state index contributed by atoms with van der Waals surface area (Å²) >= 11 is 0. The molecule has 21 heavy (non-hydrogen) atoms. The monoisotopic (exact) mass is 290 g/mol. The number of piperazine rings is 1. The van der Waals surface area contributed by atoms with Crippen LogP contribution in [-0.4, -0.2) is 54.3 Å². The molecule has 1 aromatic rings. The summed E-state index contributed by atoms with van der Waals surface area (Å²) in [6.07, 6.45) is 0.750. The Labute approximate surface area is 123 Å². The minimum Gasteiger partial charge on any atom is -0.396 e. The van der Waals surface area contributed by atoms with Crippen molar-refractivity contribution in [1.82, 2.24) is 4.90 Å². The number of nitrogens with zero attached hydrogens (tertiary/aromatic N) is 4. The highest BCUT2D eigenvalue weighted by atomic mass is 16.6. The van der Waals surface area contributed by atoms with Crippen molar-refractivity contribution in [3.8, 4) is 6.07 Å². The Bertz CT molecular complexity index is 548. The molecule has 0 radical (unpaired) electrons. The van der Waals surface area contributed by atoms with Crippen LogP contribution < -0.4 is 4.90 Å². The lowest BCUT2D eigenvalue weighted by atomic mass is 10.1. The van der Waals surface area contributed by atoms with Gasteiger partial charge in [-0.15, -0.1) is 0 Å². The fourth-order valence-electron chi connectivity index (χ4n) is 2.50. The highest BCUT2D eigenvalue weighted by Crippen LogP contribution is 2.26. The molecule has 0 atom stereocenters. The van der Waals surface area contributed by atoms with Gasteiger partial charge in [0.25, 0.3) is 5.69 Å². The molecule has 1 aliphatic rings. The summed E-state index contributed by atoms with van der Waals surface area (Å²) in [6.45, 7) is 4.14. The Morgan fingerprint density at radius 2 is 2.05 bits per heavy atom. The third kappa shape index (κ3) is 3.68. The van der Waals surface area contributed by atoms with Crippen molar-refractivity contribution >= 4 is 11.4 Å². The van der Waals surface area contributed by atoms with E-state index in [-0.39, 0.29) is 12.3 Å². The molecule has 7 heteroatoms. The van der Waals surface area contributed by atoms with Gasteiger partial charge in [-0.05, 0) is 12.5 Å². The number of benzene rings is 1. The van der Waals surface area contributed by atoms with Crippen molar-refractivity contribution in [1.29, 1.82) is 5.26 Å². The SMILES string of the molecule is N#Cc1ccc([N+](=O)[O-])cc1N1CCN(CCCO)CC1. The summed E-state index contributed by atoms with van der Waals surface area (Å²) in [5, 5.41) is 28.9. The van der Waals surface area contributed by atoms with Crippen LogP contribution >= 0.6 is 0 Å². The van der Waals surface area contributed by atoms with Crippen LogP contribution in [0.25, 0.3) is 0 Å². The maximum Gasteiger partial charge on any atom is 0.271 e. The van der Waals surface area contributed by atoms with Gasteiger partial charge in [0.15, 0.2) is 0 Å². The van der Waals surface area contributed by atoms with E-state index in [0.717, 1.165) is 39.1 Å². The zero-order chi connectivity index (χ0) is 15.2. The first-order valence-electron chi connectivity index (χ1n) is 6.92. The Morgan fingerprint density at radius 1 is 1.33 bits per heavy atom. The van der Waals surface area contributed by atoms with E-state index in [9.17, 15) is 10.1 Å². The first kappa shape index (κ1) is 15.2. The van der Waals surface area contributed by atoms with Gasteiger partial charge in [-0.2, -0.15) is 5.26 Å². The molecule has 0 aliphatic carbocycles. The molecule has 112 valence electrons. The normalized spacial score (nSPS) is 15.7. The second-order valence-electron chi connectivity index (χ2n) is 4.98. The quantitative estimate of drug-likeness (QED) is 0.641. The highest BCUT2D eigenvalue weighted by molar-refractivity contribution is 5.63. The average molecular weight is 290 g/mol. The third-order valence-electron chi connectivity index (χ3n) is 3.66. The number of non-ortho nitro benzene ring substituents is 1. The number of rotatable bonds is 5. The maximum atomic E-state index is 10.9. The fraction of sp³-hybridized carbons (Fsp3) is 0.500. The van der Waals surface area contributed by atoms with Crippen LogP contribution in [0, 0.1) is 21.4 Å². The molecule has 1 fully saturated rings. The van der Waals surface area contributed by atoms with Gasteiger partial charge in [-0.25, -0.2) is 0 Å². The van der Waals surface area contributed by atoms with Crippen molar-refractivity contribution in [2.45, 2.75) is 6.42 Å². The Morgan fingerprint density at radius 3 is 2.62 bits per heavy atom. The zero-order valence-corrected chi connectivity index (χ0v) is 11.7. The second kappa shape index (κ2) is 7.02. The van der Waals surface area contributed by atoms with Gasteiger partial charge in [0.05, 0.1) is 16.2 Å². The van der Waals surface area contributed by atoms with Gasteiger partial charge in [0.1, 0.15) is 6.07 Å². The van der Waals surface area contributed by atoms with Crippen molar-refractivity contribution in [3.63, 3.8) is 0 Å². The lowest BCUT2D eigenvalue weighted by Gasteiger charge is -2.36. The summed E-state index contributed by atoms with van der Waals surface area (Å²) in [4.78, 5) is 14.7. The van der Waals surface area contributed by atoms with Crippen molar-refractivity contribution in [2.75, 3.05) is 44.2 Å². The van der Waals surface area contributed by atoms with Gasteiger partial charge in [-0.3, -0.25) is 15.0 Å². The number of anilines is 1. The van der Waals surface area contributed by atoms with Gasteiger partial charge in [0, 0.05) is 51.5 Å². The number of nitro benzene ring substituents is 1. The molecule has 0 aromatic heterocycles. The van der Waals surface area contributed by atoms with E-state index >= 15 is 0 Å². The molecular formula is C14H18N4O3. The van der Waals surface area contributed by atoms with Gasteiger partial charge >= 0.3 is 0 Å². The lowest BCUT2D eigenvalue weighted by molar-refractivity contribution is -0.384. The van der Waals surface area contributed by atoms with Crippen molar-refractivity contribution in [2.24, 2.45) is 0 Å². The molecule has 1 N–H and O–H groups in total. The molecular weight excluding hydrogens is 272 g/mol. The first-order chi connectivity index (χ1) is 10.2. The van der Waals surface area contributed by atoms with E-state index in [2.05, 4.69) is 11.0 Å². The minimum absolute atomic E-state index is 0.00621. The number of hydrogen-bond donors (Lipinski definition) is 1. The van der Waals surface area contributed by atoms with Crippen LogP contribution in [0.15, 0.2) is 18.2 Å². The Kier molecular flexibility index (Phi) is 5.09. The summed E-state index contributed by atoms with van der Waals surface area (Å²) in [5.74, 6) is 0. The summed E-state index contributed by atoms with van der Waals surface area (Å²) in [7, 11) is 0. The largest absolute Gasteiger partial charge is 0.396 e. The molecule has 1 aromatic carbocycles. The van der Waals surface area contributed by atoms with E-state index in [1.807, 2.05) is 4.90 Å². The molecule has 1 heterocycles.